The number of nitrogens with zero attached hydrogens (tertiary/aromatic N) is 1. The summed E-state index contributed by atoms with van der Waals surface area (Å²) in [4.78, 5) is 16.5. The number of nitrogens with one attached hydrogen (secondary N) is 1. The van der Waals surface area contributed by atoms with Gasteiger partial charge in [0.2, 0.25) is 11.8 Å². The third-order valence-corrected chi connectivity index (χ3v) is 4.72. The summed E-state index contributed by atoms with van der Waals surface area (Å²) in [5.74, 6) is 1.69. The molecule has 6 nitrogen and oxygen atoms in total. The number of hydrogen-bond acceptors (Lipinski definition) is 5. The Balaban J connectivity index is 1.58. The summed E-state index contributed by atoms with van der Waals surface area (Å²) in [5.41, 5.74) is 1.72. The number of methoxy groups -OCH3 is 2. The highest BCUT2D eigenvalue weighted by atomic mass is 16.5. The second-order valence-electron chi connectivity index (χ2n) is 6.66. The van der Waals surface area contributed by atoms with Crippen LogP contribution < -0.4 is 19.5 Å². The number of carbonyl (C=O) groups excluding carboxylic acids is 1. The van der Waals surface area contributed by atoms with Crippen molar-refractivity contribution in [1.82, 2.24) is 10.3 Å². The first-order chi connectivity index (χ1) is 13.7. The molecule has 0 saturated heterocycles. The van der Waals surface area contributed by atoms with E-state index in [0.29, 0.717) is 23.9 Å². The van der Waals surface area contributed by atoms with Crippen molar-refractivity contribution in [1.29, 1.82) is 0 Å². The van der Waals surface area contributed by atoms with E-state index in [1.54, 1.807) is 32.6 Å². The van der Waals surface area contributed by atoms with Crippen molar-refractivity contribution < 1.29 is 19.0 Å². The van der Waals surface area contributed by atoms with Gasteiger partial charge in [0.15, 0.2) is 11.5 Å². The molecule has 6 heteroatoms. The van der Waals surface area contributed by atoms with E-state index in [9.17, 15) is 4.79 Å². The predicted octanol–water partition coefficient (Wildman–Crippen LogP) is 3.75. The molecule has 1 saturated carbocycles. The van der Waals surface area contributed by atoms with Gasteiger partial charge >= 0.3 is 0 Å². The minimum Gasteiger partial charge on any atom is -0.493 e. The Morgan fingerprint density at radius 1 is 1.18 bits per heavy atom. The van der Waals surface area contributed by atoms with Crippen molar-refractivity contribution in [3.63, 3.8) is 0 Å². The number of amides is 1. The first kappa shape index (κ1) is 19.7. The van der Waals surface area contributed by atoms with Crippen molar-refractivity contribution in [3.8, 4) is 17.4 Å². The second kappa shape index (κ2) is 9.78. The van der Waals surface area contributed by atoms with Crippen LogP contribution in [0.1, 0.15) is 36.8 Å². The average Bonchev–Trinajstić information content (AvgIpc) is 3.24. The molecule has 148 valence electrons. The fraction of sp³-hybridized carbons (Fsp3) is 0.364. The van der Waals surface area contributed by atoms with Gasteiger partial charge < -0.3 is 19.5 Å². The Bertz CT molecular complexity index is 829. The molecule has 2 aromatic rings. The average molecular weight is 382 g/mol. The molecular formula is C22H26N2O4. The molecule has 1 heterocycles. The summed E-state index contributed by atoms with van der Waals surface area (Å²) < 4.78 is 16.5. The quantitative estimate of drug-likeness (QED) is 0.704. The molecule has 0 bridgehead atoms. The molecule has 1 aromatic carbocycles. The number of ether oxygens (including phenoxy) is 3. The smallest absolute Gasteiger partial charge is 0.244 e. The van der Waals surface area contributed by atoms with Gasteiger partial charge in [0.25, 0.3) is 0 Å². The van der Waals surface area contributed by atoms with E-state index in [0.717, 1.165) is 24.0 Å². The summed E-state index contributed by atoms with van der Waals surface area (Å²) in [6.07, 6.45) is 9.70. The molecule has 1 aliphatic rings. The van der Waals surface area contributed by atoms with E-state index < -0.39 is 0 Å². The van der Waals surface area contributed by atoms with Gasteiger partial charge in [-0.25, -0.2) is 4.98 Å². The lowest BCUT2D eigenvalue weighted by molar-refractivity contribution is -0.116. The third-order valence-electron chi connectivity index (χ3n) is 4.72. The molecule has 1 N–H and O–H groups in total. The van der Waals surface area contributed by atoms with Crippen molar-refractivity contribution in [2.24, 2.45) is 0 Å². The Hall–Kier alpha value is -3.02. The minimum atomic E-state index is -0.189. The number of benzene rings is 1. The standard InChI is InChI=1S/C22H26N2O4/c1-26-19-11-9-16(14-20(19)27-2)10-12-21(25)24-15-17-6-5-13-23-22(17)28-18-7-3-4-8-18/h5-6,9-14,18H,3-4,7-8,15H2,1-2H3,(H,24,25)/b12-10+. The Morgan fingerprint density at radius 2 is 1.96 bits per heavy atom. The van der Waals surface area contributed by atoms with Crippen molar-refractivity contribution in [2.45, 2.75) is 38.3 Å². The van der Waals surface area contributed by atoms with E-state index in [2.05, 4.69) is 10.3 Å². The number of aromatic nitrogens is 1. The first-order valence-corrected chi connectivity index (χ1v) is 9.48. The Kier molecular flexibility index (Phi) is 6.89. The van der Waals surface area contributed by atoms with Crippen LogP contribution >= 0.6 is 0 Å². The lowest BCUT2D eigenvalue weighted by atomic mass is 10.2. The van der Waals surface area contributed by atoms with Crippen LogP contribution in [0.4, 0.5) is 0 Å². The molecule has 1 amide bonds. The maximum Gasteiger partial charge on any atom is 0.244 e. The maximum absolute atomic E-state index is 12.2. The lowest BCUT2D eigenvalue weighted by Gasteiger charge is -2.15. The van der Waals surface area contributed by atoms with E-state index in [4.69, 9.17) is 14.2 Å². The van der Waals surface area contributed by atoms with Crippen molar-refractivity contribution in [2.75, 3.05) is 14.2 Å². The number of pyridine rings is 1. The molecular weight excluding hydrogens is 356 g/mol. The van der Waals surface area contributed by atoms with Crippen LogP contribution in [0, 0.1) is 0 Å². The number of rotatable bonds is 8. The normalized spacial score (nSPS) is 14.2. The molecule has 1 aliphatic carbocycles. The zero-order valence-corrected chi connectivity index (χ0v) is 16.3. The largest absolute Gasteiger partial charge is 0.493 e. The van der Waals surface area contributed by atoms with Crippen LogP contribution in [-0.4, -0.2) is 31.2 Å². The van der Waals surface area contributed by atoms with Crippen LogP contribution in [0.25, 0.3) is 6.08 Å². The molecule has 1 aromatic heterocycles. The van der Waals surface area contributed by atoms with Gasteiger partial charge in [-0.1, -0.05) is 12.1 Å². The summed E-state index contributed by atoms with van der Waals surface area (Å²) in [6, 6.07) is 9.26. The Labute approximate surface area is 165 Å². The monoisotopic (exact) mass is 382 g/mol. The van der Waals surface area contributed by atoms with Crippen LogP contribution in [0.3, 0.4) is 0 Å². The van der Waals surface area contributed by atoms with Crippen LogP contribution in [0.15, 0.2) is 42.6 Å². The van der Waals surface area contributed by atoms with Gasteiger partial charge in [0, 0.05) is 24.4 Å². The fourth-order valence-electron chi connectivity index (χ4n) is 3.20. The fourth-order valence-corrected chi connectivity index (χ4v) is 3.20. The molecule has 3 rings (SSSR count). The molecule has 0 aliphatic heterocycles. The zero-order valence-electron chi connectivity index (χ0n) is 16.3. The van der Waals surface area contributed by atoms with Crippen LogP contribution in [-0.2, 0) is 11.3 Å². The Morgan fingerprint density at radius 3 is 2.71 bits per heavy atom. The van der Waals surface area contributed by atoms with Gasteiger partial charge in [-0.2, -0.15) is 0 Å². The van der Waals surface area contributed by atoms with E-state index >= 15 is 0 Å². The third kappa shape index (κ3) is 5.25. The molecule has 0 radical (unpaired) electrons. The molecule has 1 fully saturated rings. The highest BCUT2D eigenvalue weighted by Gasteiger charge is 2.18. The van der Waals surface area contributed by atoms with Crippen molar-refractivity contribution in [3.05, 3.63) is 53.7 Å². The van der Waals surface area contributed by atoms with Gasteiger partial charge in [-0.15, -0.1) is 0 Å². The second-order valence-corrected chi connectivity index (χ2v) is 6.66. The lowest BCUT2D eigenvalue weighted by Crippen LogP contribution is -2.22. The summed E-state index contributed by atoms with van der Waals surface area (Å²) in [7, 11) is 3.17. The molecule has 28 heavy (non-hydrogen) atoms. The van der Waals surface area contributed by atoms with Crippen LogP contribution in [0.2, 0.25) is 0 Å². The SMILES string of the molecule is COc1ccc(/C=C/C(=O)NCc2cccnc2OC2CCCC2)cc1OC. The van der Waals surface area contributed by atoms with Crippen LogP contribution in [0.5, 0.6) is 17.4 Å². The molecule has 0 unspecified atom stereocenters. The number of carbonyl (C=O) groups is 1. The molecule has 0 spiro atoms. The van der Waals surface area contributed by atoms with E-state index in [1.165, 1.54) is 18.9 Å². The topological polar surface area (TPSA) is 69.7 Å². The highest BCUT2D eigenvalue weighted by Crippen LogP contribution is 2.28. The van der Waals surface area contributed by atoms with Gasteiger partial charge in [0.05, 0.1) is 14.2 Å². The number of hydrogen-bond donors (Lipinski definition) is 1. The first-order valence-electron chi connectivity index (χ1n) is 9.48. The van der Waals surface area contributed by atoms with E-state index in [1.807, 2.05) is 24.3 Å². The summed E-state index contributed by atoms with van der Waals surface area (Å²) in [5, 5.41) is 2.88. The predicted molar refractivity (Wildman–Crippen MR) is 108 cm³/mol. The van der Waals surface area contributed by atoms with Gasteiger partial charge in [-0.05, 0) is 55.5 Å². The maximum atomic E-state index is 12.2. The summed E-state index contributed by atoms with van der Waals surface area (Å²) in [6.45, 7) is 0.366. The minimum absolute atomic E-state index is 0.189. The highest BCUT2D eigenvalue weighted by molar-refractivity contribution is 5.91. The van der Waals surface area contributed by atoms with E-state index in [-0.39, 0.29) is 12.0 Å². The van der Waals surface area contributed by atoms with Gasteiger partial charge in [0.1, 0.15) is 6.10 Å². The zero-order chi connectivity index (χ0) is 19.8. The van der Waals surface area contributed by atoms with Gasteiger partial charge in [-0.3, -0.25) is 4.79 Å². The summed E-state index contributed by atoms with van der Waals surface area (Å²) >= 11 is 0. The van der Waals surface area contributed by atoms with Crippen molar-refractivity contribution >= 4 is 12.0 Å². The molecule has 0 atom stereocenters.